The van der Waals surface area contributed by atoms with E-state index in [4.69, 9.17) is 9.26 Å². The van der Waals surface area contributed by atoms with Gasteiger partial charge in [-0.05, 0) is 40.2 Å². The Morgan fingerprint density at radius 2 is 2.10 bits per heavy atom. The van der Waals surface area contributed by atoms with Gasteiger partial charge in [-0.1, -0.05) is 18.5 Å². The van der Waals surface area contributed by atoms with E-state index in [9.17, 15) is 9.59 Å². The van der Waals surface area contributed by atoms with Gasteiger partial charge in [-0.3, -0.25) is 14.0 Å². The summed E-state index contributed by atoms with van der Waals surface area (Å²) in [6.45, 7) is 10.0. The predicted octanol–water partition coefficient (Wildman–Crippen LogP) is 3.28. The molecule has 0 saturated heterocycles. The fourth-order valence-corrected chi connectivity index (χ4v) is 3.17. The summed E-state index contributed by atoms with van der Waals surface area (Å²) in [6, 6.07) is 1.76. The van der Waals surface area contributed by atoms with Crippen LogP contribution in [0.4, 0.5) is 0 Å². The quantitative estimate of drug-likeness (QED) is 0.613. The first-order valence-corrected chi connectivity index (χ1v) is 9.77. The average molecular weight is 398 g/mol. The molecule has 0 fully saturated rings. The van der Waals surface area contributed by atoms with Crippen molar-refractivity contribution in [3.63, 3.8) is 0 Å². The molecule has 0 aromatic carbocycles. The van der Waals surface area contributed by atoms with Crippen molar-refractivity contribution >= 4 is 11.6 Å². The second-order valence-corrected chi connectivity index (χ2v) is 7.20. The van der Waals surface area contributed by atoms with Crippen LogP contribution in [0.3, 0.4) is 0 Å². The van der Waals surface area contributed by atoms with Crippen LogP contribution in [0, 0.1) is 13.8 Å². The molecule has 8 nitrogen and oxygen atoms in total. The van der Waals surface area contributed by atoms with E-state index in [0.29, 0.717) is 23.7 Å². The van der Waals surface area contributed by atoms with Gasteiger partial charge in [-0.15, -0.1) is 0 Å². The maximum Gasteiger partial charge on any atom is 0.270 e. The summed E-state index contributed by atoms with van der Waals surface area (Å²) in [4.78, 5) is 29.7. The molecule has 3 aromatic rings. The number of fused-ring (bicyclic) bond motifs is 1. The Morgan fingerprint density at radius 1 is 1.34 bits per heavy atom. The normalized spacial score (nSPS) is 11.2. The molecule has 154 valence electrons. The van der Waals surface area contributed by atoms with E-state index < -0.39 is 11.5 Å². The Kier molecular flexibility index (Phi) is 6.00. The van der Waals surface area contributed by atoms with Crippen molar-refractivity contribution in [1.82, 2.24) is 19.9 Å². The number of unbranched alkanes of at least 4 members (excludes halogenated alkanes) is 1. The zero-order valence-electron chi connectivity index (χ0n) is 17.4. The number of amides is 1. The molecule has 3 rings (SSSR count). The molecule has 0 radical (unpaired) electrons. The third-order valence-corrected chi connectivity index (χ3v) is 4.55. The summed E-state index contributed by atoms with van der Waals surface area (Å²) in [5, 5.41) is 6.77. The fraction of sp³-hybridized carbons (Fsp3) is 0.429. The Morgan fingerprint density at radius 3 is 2.72 bits per heavy atom. The number of ether oxygens (including phenoxy) is 1. The van der Waals surface area contributed by atoms with Crippen LogP contribution in [0.25, 0.3) is 16.8 Å². The molecule has 0 bridgehead atoms. The monoisotopic (exact) mass is 398 g/mol. The summed E-state index contributed by atoms with van der Waals surface area (Å²) < 4.78 is 12.7. The number of nitrogens with one attached hydrogen (secondary N) is 1. The van der Waals surface area contributed by atoms with Crippen molar-refractivity contribution < 1.29 is 14.1 Å². The van der Waals surface area contributed by atoms with Crippen LogP contribution in [0.1, 0.15) is 55.4 Å². The fourth-order valence-electron chi connectivity index (χ4n) is 3.17. The van der Waals surface area contributed by atoms with Gasteiger partial charge in [0.05, 0.1) is 17.4 Å². The molecule has 1 N–H and O–H groups in total. The molecule has 3 heterocycles. The van der Waals surface area contributed by atoms with Gasteiger partial charge in [-0.25, -0.2) is 4.98 Å². The minimum Gasteiger partial charge on any atom is -0.486 e. The number of nitrogens with zero attached hydrogens (tertiary/aromatic N) is 3. The van der Waals surface area contributed by atoms with Crippen molar-refractivity contribution in [1.29, 1.82) is 0 Å². The number of rotatable bonds is 7. The van der Waals surface area contributed by atoms with Gasteiger partial charge in [0.2, 0.25) is 0 Å². The molecular weight excluding hydrogens is 372 g/mol. The summed E-state index contributed by atoms with van der Waals surface area (Å²) in [7, 11) is 0. The Bertz CT molecular complexity index is 1080. The topological polar surface area (TPSA) is 98.7 Å². The third kappa shape index (κ3) is 4.01. The second-order valence-electron chi connectivity index (χ2n) is 7.20. The average Bonchev–Trinajstić information content (AvgIpc) is 3.00. The molecule has 0 aliphatic heterocycles. The number of pyridine rings is 1. The first-order chi connectivity index (χ1) is 13.8. The number of hydrogen-bond donors (Lipinski definition) is 1. The van der Waals surface area contributed by atoms with E-state index in [2.05, 4.69) is 15.5 Å². The highest BCUT2D eigenvalue weighted by molar-refractivity contribution is 5.94. The molecule has 0 unspecified atom stereocenters. The van der Waals surface area contributed by atoms with E-state index in [1.54, 1.807) is 12.3 Å². The van der Waals surface area contributed by atoms with Crippen molar-refractivity contribution in [2.24, 2.45) is 0 Å². The van der Waals surface area contributed by atoms with E-state index in [-0.39, 0.29) is 11.7 Å². The maximum atomic E-state index is 12.9. The van der Waals surface area contributed by atoms with Gasteiger partial charge < -0.3 is 14.6 Å². The lowest BCUT2D eigenvalue weighted by Crippen LogP contribution is -2.32. The van der Waals surface area contributed by atoms with Gasteiger partial charge in [0.25, 0.3) is 11.5 Å². The molecule has 29 heavy (non-hydrogen) atoms. The molecule has 0 spiro atoms. The molecule has 1 amide bonds. The van der Waals surface area contributed by atoms with Crippen LogP contribution in [-0.2, 0) is 0 Å². The highest BCUT2D eigenvalue weighted by Crippen LogP contribution is 2.37. The molecular formula is C21H26N4O4. The van der Waals surface area contributed by atoms with Gasteiger partial charge in [-0.2, -0.15) is 0 Å². The second kappa shape index (κ2) is 8.46. The highest BCUT2D eigenvalue weighted by Gasteiger charge is 2.22. The van der Waals surface area contributed by atoms with Crippen LogP contribution in [0.5, 0.6) is 5.75 Å². The van der Waals surface area contributed by atoms with Crippen LogP contribution in [-0.4, -0.2) is 33.1 Å². The third-order valence-electron chi connectivity index (χ3n) is 4.55. The largest absolute Gasteiger partial charge is 0.486 e. The minimum atomic E-state index is -0.442. The number of carbonyl (C=O) groups excluding carboxylic acids is 1. The van der Waals surface area contributed by atoms with Crippen molar-refractivity contribution in [2.45, 2.75) is 53.6 Å². The molecule has 0 aliphatic rings. The molecule has 0 aliphatic carbocycles. The van der Waals surface area contributed by atoms with Crippen molar-refractivity contribution in [3.05, 3.63) is 45.8 Å². The maximum absolute atomic E-state index is 12.9. The van der Waals surface area contributed by atoms with Crippen LogP contribution >= 0.6 is 0 Å². The Labute approximate surface area is 168 Å². The van der Waals surface area contributed by atoms with Gasteiger partial charge in [0.1, 0.15) is 11.3 Å². The zero-order valence-corrected chi connectivity index (χ0v) is 17.4. The predicted molar refractivity (Wildman–Crippen MR) is 109 cm³/mol. The number of aromatic nitrogens is 3. The van der Waals surface area contributed by atoms with Crippen LogP contribution in [0.15, 0.2) is 27.8 Å². The summed E-state index contributed by atoms with van der Waals surface area (Å²) in [6.07, 6.45) is 4.57. The summed E-state index contributed by atoms with van der Waals surface area (Å²) in [5.41, 5.74) is 2.16. The number of aryl methyl sites for hydroxylation is 2. The van der Waals surface area contributed by atoms with E-state index in [1.165, 1.54) is 10.6 Å². The Balaban J connectivity index is 2.17. The summed E-state index contributed by atoms with van der Waals surface area (Å²) in [5.74, 6) is 0.674. The van der Waals surface area contributed by atoms with Gasteiger partial charge >= 0.3 is 0 Å². The van der Waals surface area contributed by atoms with Crippen LogP contribution < -0.4 is 15.6 Å². The number of hydrogen-bond acceptors (Lipinski definition) is 6. The lowest BCUT2D eigenvalue weighted by molar-refractivity contribution is 0.0951. The minimum absolute atomic E-state index is 0.000751. The molecule has 3 aromatic heterocycles. The van der Waals surface area contributed by atoms with Gasteiger partial charge in [0.15, 0.2) is 11.4 Å². The first kappa shape index (κ1) is 20.6. The smallest absolute Gasteiger partial charge is 0.270 e. The SMILES string of the molecule is CCCCNC(=O)c1cnc2c(OC(C)C)c(-c3c(C)noc3C)ccn2c1=O. The van der Waals surface area contributed by atoms with Crippen molar-refractivity contribution in [3.8, 4) is 16.9 Å². The van der Waals surface area contributed by atoms with E-state index >= 15 is 0 Å². The highest BCUT2D eigenvalue weighted by atomic mass is 16.5. The Hall–Kier alpha value is -3.16. The zero-order chi connectivity index (χ0) is 21.1. The lowest BCUT2D eigenvalue weighted by atomic mass is 10.0. The molecule has 0 atom stereocenters. The lowest BCUT2D eigenvalue weighted by Gasteiger charge is -2.17. The van der Waals surface area contributed by atoms with Gasteiger partial charge in [0, 0.05) is 24.5 Å². The van der Waals surface area contributed by atoms with Crippen molar-refractivity contribution in [2.75, 3.05) is 6.54 Å². The number of carbonyl (C=O) groups is 1. The van der Waals surface area contributed by atoms with Crippen LogP contribution in [0.2, 0.25) is 0 Å². The van der Waals surface area contributed by atoms with E-state index in [0.717, 1.165) is 29.7 Å². The standard InChI is InChI=1S/C21H26N4O4/c1-6-7-9-22-20(26)16-11-23-19-18(28-12(2)3)15(8-10-25(19)21(16)27)17-13(4)24-29-14(17)5/h8,10-12H,6-7,9H2,1-5H3,(H,22,26). The van der Waals surface area contributed by atoms with E-state index in [1.807, 2.05) is 34.6 Å². The first-order valence-electron chi connectivity index (χ1n) is 9.77. The molecule has 0 saturated carbocycles. The molecule has 8 heteroatoms. The summed E-state index contributed by atoms with van der Waals surface area (Å²) >= 11 is 0.